The van der Waals surface area contributed by atoms with Crippen LogP contribution in [0.1, 0.15) is 16.8 Å². The first-order chi connectivity index (χ1) is 14.1. The number of benzene rings is 1. The van der Waals surface area contributed by atoms with Crippen LogP contribution in [0.5, 0.6) is 0 Å². The number of carbonyl (C=O) groups excluding carboxylic acids is 2. The van der Waals surface area contributed by atoms with Gasteiger partial charge in [-0.25, -0.2) is 9.78 Å². The van der Waals surface area contributed by atoms with Gasteiger partial charge in [0.05, 0.1) is 30.1 Å². The van der Waals surface area contributed by atoms with E-state index in [1.807, 2.05) is 4.90 Å². The fourth-order valence-electron chi connectivity index (χ4n) is 2.99. The molecule has 1 aromatic heterocycles. The largest absolute Gasteiger partial charge is 0.444 e. The number of amides is 2. The molecule has 2 aromatic rings. The molecule has 4 N–H and O–H groups in total. The Morgan fingerprint density at radius 2 is 2.10 bits per heavy atom. The van der Waals surface area contributed by atoms with Gasteiger partial charge >= 0.3 is 6.09 Å². The molecule has 1 unspecified atom stereocenters. The van der Waals surface area contributed by atoms with Crippen LogP contribution in [0, 0.1) is 0 Å². The zero-order valence-electron chi connectivity index (χ0n) is 16.3. The Bertz CT molecular complexity index is 843. The Morgan fingerprint density at radius 3 is 2.83 bits per heavy atom. The first-order valence-electron chi connectivity index (χ1n) is 9.37. The van der Waals surface area contributed by atoms with Gasteiger partial charge in [-0.1, -0.05) is 12.1 Å². The highest BCUT2D eigenvalue weighted by molar-refractivity contribution is 6.05. The molecule has 0 spiro atoms. The lowest BCUT2D eigenvalue weighted by Gasteiger charge is -2.18. The molecular formula is C20H25N5O4. The minimum absolute atomic E-state index is 0.205. The van der Waals surface area contributed by atoms with E-state index in [1.165, 1.54) is 6.20 Å². The van der Waals surface area contributed by atoms with Gasteiger partial charge in [0.1, 0.15) is 11.9 Å². The molecule has 0 aliphatic carbocycles. The van der Waals surface area contributed by atoms with Crippen LogP contribution in [0.25, 0.3) is 0 Å². The van der Waals surface area contributed by atoms with Crippen molar-refractivity contribution in [3.8, 4) is 0 Å². The van der Waals surface area contributed by atoms with E-state index in [4.69, 9.17) is 15.2 Å². The number of hydrogen-bond acceptors (Lipinski definition) is 7. The Morgan fingerprint density at radius 1 is 1.28 bits per heavy atom. The highest BCUT2D eigenvalue weighted by Crippen LogP contribution is 2.21. The van der Waals surface area contributed by atoms with E-state index in [-0.39, 0.29) is 12.0 Å². The molecule has 2 amide bonds. The Kier molecular flexibility index (Phi) is 6.85. The van der Waals surface area contributed by atoms with Crippen LogP contribution in [0.15, 0.2) is 42.6 Å². The summed E-state index contributed by atoms with van der Waals surface area (Å²) in [5.74, 6) is 0.448. The van der Waals surface area contributed by atoms with Crippen LogP contribution < -0.4 is 21.3 Å². The molecule has 0 saturated carbocycles. The second kappa shape index (κ2) is 9.74. The van der Waals surface area contributed by atoms with E-state index in [0.29, 0.717) is 36.6 Å². The maximum Gasteiger partial charge on any atom is 0.407 e. The zero-order chi connectivity index (χ0) is 20.6. The SMILES string of the molecule is COCCNC(=O)OC1CCN(c2ccc(C(=O)Nc3ccccc3N)cn2)C1. The monoisotopic (exact) mass is 399 g/mol. The predicted octanol–water partition coefficient (Wildman–Crippen LogP) is 1.87. The molecule has 1 saturated heterocycles. The van der Waals surface area contributed by atoms with Gasteiger partial charge in [-0.3, -0.25) is 4.79 Å². The van der Waals surface area contributed by atoms with Gasteiger partial charge in [-0.05, 0) is 24.3 Å². The van der Waals surface area contributed by atoms with Crippen molar-refractivity contribution in [2.45, 2.75) is 12.5 Å². The minimum atomic E-state index is -0.450. The number of nitrogens with zero attached hydrogens (tertiary/aromatic N) is 2. The van der Waals surface area contributed by atoms with Gasteiger partial charge in [-0.15, -0.1) is 0 Å². The van der Waals surface area contributed by atoms with Crippen molar-refractivity contribution >= 4 is 29.2 Å². The highest BCUT2D eigenvalue weighted by atomic mass is 16.6. The number of carbonyl (C=O) groups is 2. The molecule has 3 rings (SSSR count). The van der Waals surface area contributed by atoms with Gasteiger partial charge in [0.15, 0.2) is 0 Å². The molecule has 1 fully saturated rings. The molecule has 1 aromatic carbocycles. The number of rotatable bonds is 7. The molecule has 1 aliphatic rings. The lowest BCUT2D eigenvalue weighted by Crippen LogP contribution is -2.32. The van der Waals surface area contributed by atoms with Gasteiger partial charge in [0, 0.05) is 32.8 Å². The maximum absolute atomic E-state index is 12.4. The molecule has 9 nitrogen and oxygen atoms in total. The van der Waals surface area contributed by atoms with Crippen LogP contribution in [0.3, 0.4) is 0 Å². The van der Waals surface area contributed by atoms with Crippen LogP contribution >= 0.6 is 0 Å². The maximum atomic E-state index is 12.4. The average molecular weight is 399 g/mol. The van der Waals surface area contributed by atoms with E-state index >= 15 is 0 Å². The Balaban J connectivity index is 1.52. The summed E-state index contributed by atoms with van der Waals surface area (Å²) in [6.45, 7) is 2.12. The summed E-state index contributed by atoms with van der Waals surface area (Å²) in [6.07, 6.45) is 1.59. The molecule has 1 atom stereocenters. The number of para-hydroxylation sites is 2. The standard InChI is InChI=1S/C20H25N5O4/c1-28-11-9-22-20(27)29-15-8-10-25(13-15)18-7-6-14(12-23-18)19(26)24-17-5-3-2-4-16(17)21/h2-7,12,15H,8-11,13,21H2,1H3,(H,22,27)(H,24,26). The van der Waals surface area contributed by atoms with Crippen molar-refractivity contribution in [1.82, 2.24) is 10.3 Å². The van der Waals surface area contributed by atoms with Crippen molar-refractivity contribution < 1.29 is 19.1 Å². The summed E-state index contributed by atoms with van der Waals surface area (Å²) in [5, 5.41) is 5.41. The molecule has 29 heavy (non-hydrogen) atoms. The van der Waals surface area contributed by atoms with E-state index in [2.05, 4.69) is 15.6 Å². The Labute approximate surface area is 169 Å². The number of anilines is 3. The third-order valence-electron chi connectivity index (χ3n) is 4.54. The molecule has 9 heteroatoms. The molecule has 2 heterocycles. The number of pyridine rings is 1. The summed E-state index contributed by atoms with van der Waals surface area (Å²) in [6, 6.07) is 10.6. The van der Waals surface area contributed by atoms with Crippen molar-refractivity contribution in [2.24, 2.45) is 0 Å². The predicted molar refractivity (Wildman–Crippen MR) is 110 cm³/mol. The number of methoxy groups -OCH3 is 1. The van der Waals surface area contributed by atoms with E-state index in [0.717, 1.165) is 18.8 Å². The summed E-state index contributed by atoms with van der Waals surface area (Å²) < 4.78 is 10.3. The normalized spacial score (nSPS) is 15.8. The average Bonchev–Trinajstić information content (AvgIpc) is 3.18. The first-order valence-corrected chi connectivity index (χ1v) is 9.37. The number of ether oxygens (including phenoxy) is 2. The summed E-state index contributed by atoms with van der Waals surface area (Å²) in [7, 11) is 1.57. The highest BCUT2D eigenvalue weighted by Gasteiger charge is 2.26. The van der Waals surface area contributed by atoms with E-state index in [1.54, 1.807) is 43.5 Å². The fourth-order valence-corrected chi connectivity index (χ4v) is 2.99. The third-order valence-corrected chi connectivity index (χ3v) is 4.54. The number of alkyl carbamates (subject to hydrolysis) is 1. The van der Waals surface area contributed by atoms with E-state index in [9.17, 15) is 9.59 Å². The van der Waals surface area contributed by atoms with Crippen molar-refractivity contribution in [3.05, 3.63) is 48.2 Å². The van der Waals surface area contributed by atoms with Crippen LogP contribution in [-0.2, 0) is 9.47 Å². The number of nitrogen functional groups attached to an aromatic ring is 1. The molecule has 0 bridgehead atoms. The molecule has 1 aliphatic heterocycles. The molecule has 154 valence electrons. The number of hydrogen-bond donors (Lipinski definition) is 3. The van der Waals surface area contributed by atoms with Crippen LogP contribution in [0.2, 0.25) is 0 Å². The summed E-state index contributed by atoms with van der Waals surface area (Å²) in [5.41, 5.74) is 7.34. The van der Waals surface area contributed by atoms with Gasteiger partial charge < -0.3 is 30.7 Å². The van der Waals surface area contributed by atoms with Crippen molar-refractivity contribution in [3.63, 3.8) is 0 Å². The van der Waals surface area contributed by atoms with Crippen molar-refractivity contribution in [2.75, 3.05) is 49.3 Å². The van der Waals surface area contributed by atoms with E-state index < -0.39 is 6.09 Å². The van der Waals surface area contributed by atoms with Gasteiger partial charge in [0.25, 0.3) is 5.91 Å². The lowest BCUT2D eigenvalue weighted by molar-refractivity contribution is 0.102. The second-order valence-corrected chi connectivity index (χ2v) is 6.63. The summed E-state index contributed by atoms with van der Waals surface area (Å²) >= 11 is 0. The summed E-state index contributed by atoms with van der Waals surface area (Å²) in [4.78, 5) is 30.5. The molecular weight excluding hydrogens is 374 g/mol. The minimum Gasteiger partial charge on any atom is -0.444 e. The molecule has 0 radical (unpaired) electrons. The fraction of sp³-hybridized carbons (Fsp3) is 0.350. The zero-order valence-corrected chi connectivity index (χ0v) is 16.3. The first kappa shape index (κ1) is 20.4. The number of aromatic nitrogens is 1. The van der Waals surface area contributed by atoms with Crippen LogP contribution in [0.4, 0.5) is 22.0 Å². The number of nitrogens with one attached hydrogen (secondary N) is 2. The van der Waals surface area contributed by atoms with Gasteiger partial charge in [-0.2, -0.15) is 0 Å². The Hall–Kier alpha value is -3.33. The third kappa shape index (κ3) is 5.58. The smallest absolute Gasteiger partial charge is 0.407 e. The number of nitrogens with two attached hydrogens (primary N) is 1. The second-order valence-electron chi connectivity index (χ2n) is 6.63. The lowest BCUT2D eigenvalue weighted by atomic mass is 10.2. The quantitative estimate of drug-likeness (QED) is 0.480. The van der Waals surface area contributed by atoms with Gasteiger partial charge in [0.2, 0.25) is 0 Å². The van der Waals surface area contributed by atoms with Crippen molar-refractivity contribution in [1.29, 1.82) is 0 Å². The topological polar surface area (TPSA) is 119 Å². The van der Waals surface area contributed by atoms with Crippen LogP contribution in [-0.4, -0.2) is 56.4 Å².